The Morgan fingerprint density at radius 2 is 1.97 bits per heavy atom. The van der Waals surface area contributed by atoms with Crippen LogP contribution in [-0.2, 0) is 24.3 Å². The maximum Gasteiger partial charge on any atom is 0.346 e. The van der Waals surface area contributed by atoms with Crippen molar-refractivity contribution in [1.29, 1.82) is 0 Å². The van der Waals surface area contributed by atoms with E-state index in [4.69, 9.17) is 16.3 Å². The zero-order valence-corrected chi connectivity index (χ0v) is 19.2. The van der Waals surface area contributed by atoms with Crippen LogP contribution in [0.15, 0.2) is 41.2 Å². The van der Waals surface area contributed by atoms with E-state index in [9.17, 15) is 18.8 Å². The highest BCUT2D eigenvalue weighted by Gasteiger charge is 2.18. The highest BCUT2D eigenvalue weighted by molar-refractivity contribution is 6.30. The molecule has 1 aliphatic heterocycles. The third kappa shape index (κ3) is 5.12. The summed E-state index contributed by atoms with van der Waals surface area (Å²) < 4.78 is 22.2. The molecular formula is C23H23ClFN5O4. The lowest BCUT2D eigenvalue weighted by atomic mass is 10.2. The Morgan fingerprint density at radius 3 is 2.74 bits per heavy atom. The molecule has 0 aliphatic carbocycles. The smallest absolute Gasteiger partial charge is 0.346 e. The van der Waals surface area contributed by atoms with E-state index < -0.39 is 17.6 Å². The molecule has 0 unspecified atom stereocenters. The lowest BCUT2D eigenvalue weighted by molar-refractivity contribution is -0.117. The molecule has 2 aromatic carbocycles. The van der Waals surface area contributed by atoms with Crippen molar-refractivity contribution in [2.45, 2.75) is 38.8 Å². The fraction of sp³-hybridized carbons (Fsp3) is 0.304. The SMILES string of the molecule is COc1ccc(NC(=O)Cn2nc3n(c2=O)CCCCC3)cc1NC(=O)c1ccc(Cl)cc1F. The third-order valence-corrected chi connectivity index (χ3v) is 5.72. The Bertz CT molecular complexity index is 1300. The maximum atomic E-state index is 14.1. The first-order valence-electron chi connectivity index (χ1n) is 10.8. The van der Waals surface area contributed by atoms with Crippen LogP contribution in [0.4, 0.5) is 15.8 Å². The summed E-state index contributed by atoms with van der Waals surface area (Å²) in [5.74, 6) is -0.921. The maximum absolute atomic E-state index is 14.1. The van der Waals surface area contributed by atoms with Gasteiger partial charge >= 0.3 is 5.69 Å². The molecule has 2 N–H and O–H groups in total. The fourth-order valence-electron chi connectivity index (χ4n) is 3.81. The number of hydrogen-bond donors (Lipinski definition) is 2. The lowest BCUT2D eigenvalue weighted by Crippen LogP contribution is -2.30. The molecule has 0 bridgehead atoms. The van der Waals surface area contributed by atoms with Crippen molar-refractivity contribution in [3.63, 3.8) is 0 Å². The number of carbonyl (C=O) groups excluding carboxylic acids is 2. The van der Waals surface area contributed by atoms with E-state index >= 15 is 0 Å². The number of nitrogens with zero attached hydrogens (tertiary/aromatic N) is 3. The van der Waals surface area contributed by atoms with Gasteiger partial charge in [-0.3, -0.25) is 14.2 Å². The predicted octanol–water partition coefficient (Wildman–Crippen LogP) is 3.46. The van der Waals surface area contributed by atoms with Gasteiger partial charge in [0, 0.05) is 23.7 Å². The third-order valence-electron chi connectivity index (χ3n) is 5.48. The van der Waals surface area contributed by atoms with E-state index in [-0.39, 0.29) is 28.5 Å². The Kier molecular flexibility index (Phi) is 6.97. The summed E-state index contributed by atoms with van der Waals surface area (Å²) in [7, 11) is 1.42. The monoisotopic (exact) mass is 487 g/mol. The normalized spacial score (nSPS) is 13.0. The van der Waals surface area contributed by atoms with Crippen LogP contribution in [0.3, 0.4) is 0 Å². The molecule has 34 heavy (non-hydrogen) atoms. The number of ether oxygens (including phenoxy) is 1. The molecule has 0 spiro atoms. The van der Waals surface area contributed by atoms with Crippen LogP contribution in [0.5, 0.6) is 5.75 Å². The Labute approximate surface area is 199 Å². The van der Waals surface area contributed by atoms with E-state index in [1.54, 1.807) is 16.7 Å². The van der Waals surface area contributed by atoms with E-state index in [1.807, 2.05) is 0 Å². The van der Waals surface area contributed by atoms with Crippen molar-refractivity contribution in [3.8, 4) is 5.75 Å². The number of amides is 2. The predicted molar refractivity (Wildman–Crippen MR) is 125 cm³/mol. The number of carbonyl (C=O) groups is 2. The average molecular weight is 488 g/mol. The number of aryl methyl sites for hydroxylation is 1. The van der Waals surface area contributed by atoms with Gasteiger partial charge < -0.3 is 15.4 Å². The van der Waals surface area contributed by atoms with Gasteiger partial charge in [0.1, 0.15) is 23.9 Å². The van der Waals surface area contributed by atoms with Crippen molar-refractivity contribution in [1.82, 2.24) is 14.3 Å². The molecule has 9 nitrogen and oxygen atoms in total. The van der Waals surface area contributed by atoms with Gasteiger partial charge in [-0.05, 0) is 49.2 Å². The second-order valence-corrected chi connectivity index (χ2v) is 8.30. The number of methoxy groups -OCH3 is 1. The first kappa shape index (κ1) is 23.5. The molecule has 3 aromatic rings. The topological polar surface area (TPSA) is 107 Å². The number of rotatable bonds is 6. The molecule has 0 radical (unpaired) electrons. The first-order chi connectivity index (χ1) is 16.4. The summed E-state index contributed by atoms with van der Waals surface area (Å²) in [6.45, 7) is 0.355. The number of halogens is 2. The molecule has 178 valence electrons. The zero-order valence-electron chi connectivity index (χ0n) is 18.4. The molecular weight excluding hydrogens is 465 g/mol. The van der Waals surface area contributed by atoms with Gasteiger partial charge in [0.2, 0.25) is 5.91 Å². The van der Waals surface area contributed by atoms with Gasteiger partial charge in [-0.1, -0.05) is 18.0 Å². The number of hydrogen-bond acceptors (Lipinski definition) is 5. The number of fused-ring (bicyclic) bond motifs is 1. The van der Waals surface area contributed by atoms with Crippen LogP contribution in [0.1, 0.15) is 35.4 Å². The number of benzene rings is 2. The van der Waals surface area contributed by atoms with Gasteiger partial charge in [-0.25, -0.2) is 13.9 Å². The summed E-state index contributed by atoms with van der Waals surface area (Å²) in [4.78, 5) is 37.7. The van der Waals surface area contributed by atoms with Crippen LogP contribution < -0.4 is 21.1 Å². The minimum Gasteiger partial charge on any atom is -0.495 e. The Morgan fingerprint density at radius 1 is 1.15 bits per heavy atom. The number of nitrogens with one attached hydrogen (secondary N) is 2. The molecule has 0 fully saturated rings. The van der Waals surface area contributed by atoms with Crippen LogP contribution in [0.2, 0.25) is 5.02 Å². The van der Waals surface area contributed by atoms with Crippen molar-refractivity contribution in [3.05, 3.63) is 69.1 Å². The summed E-state index contributed by atoms with van der Waals surface area (Å²) in [6.07, 6.45) is 3.62. The minimum atomic E-state index is -0.766. The second-order valence-electron chi connectivity index (χ2n) is 7.86. The molecule has 0 saturated heterocycles. The minimum absolute atomic E-state index is 0.171. The van der Waals surface area contributed by atoms with E-state index in [0.717, 1.165) is 30.0 Å². The standard InChI is InChI=1S/C23H23ClFN5O4/c1-34-19-9-7-15(12-18(19)27-22(32)16-8-6-14(24)11-17(16)25)26-21(31)13-30-23(33)29-10-4-2-3-5-20(29)28-30/h6-9,11-12H,2-5,10,13H2,1H3,(H,26,31)(H,27,32). The molecule has 0 atom stereocenters. The van der Waals surface area contributed by atoms with Crippen molar-refractivity contribution < 1.29 is 18.7 Å². The van der Waals surface area contributed by atoms with E-state index in [0.29, 0.717) is 30.2 Å². The van der Waals surface area contributed by atoms with Gasteiger partial charge in [0.25, 0.3) is 5.91 Å². The van der Waals surface area contributed by atoms with Crippen LogP contribution in [0.25, 0.3) is 0 Å². The molecule has 1 aliphatic rings. The number of aromatic nitrogens is 3. The molecule has 0 saturated carbocycles. The largest absolute Gasteiger partial charge is 0.495 e. The van der Waals surface area contributed by atoms with Gasteiger partial charge in [-0.15, -0.1) is 0 Å². The Hall–Kier alpha value is -3.66. The van der Waals surface area contributed by atoms with Crippen LogP contribution in [0, 0.1) is 5.82 Å². The van der Waals surface area contributed by atoms with Gasteiger partial charge in [0.05, 0.1) is 18.4 Å². The summed E-state index contributed by atoms with van der Waals surface area (Å²) >= 11 is 5.74. The summed E-state index contributed by atoms with van der Waals surface area (Å²) in [5, 5.41) is 9.75. The van der Waals surface area contributed by atoms with Crippen LogP contribution in [-0.4, -0.2) is 33.3 Å². The highest BCUT2D eigenvalue weighted by Crippen LogP contribution is 2.29. The lowest BCUT2D eigenvalue weighted by Gasteiger charge is -2.13. The van der Waals surface area contributed by atoms with Gasteiger partial charge in [-0.2, -0.15) is 5.10 Å². The second kappa shape index (κ2) is 10.1. The summed E-state index contributed by atoms with van der Waals surface area (Å²) in [5.41, 5.74) is 0.0802. The van der Waals surface area contributed by atoms with E-state index in [1.165, 1.54) is 25.3 Å². The molecule has 11 heteroatoms. The molecule has 4 rings (SSSR count). The van der Waals surface area contributed by atoms with Gasteiger partial charge in [0.15, 0.2) is 0 Å². The van der Waals surface area contributed by atoms with Crippen molar-refractivity contribution >= 4 is 34.8 Å². The quantitative estimate of drug-likeness (QED) is 0.553. The van der Waals surface area contributed by atoms with Crippen molar-refractivity contribution in [2.24, 2.45) is 0 Å². The van der Waals surface area contributed by atoms with E-state index in [2.05, 4.69) is 15.7 Å². The highest BCUT2D eigenvalue weighted by atomic mass is 35.5. The number of anilines is 2. The molecule has 2 amide bonds. The first-order valence-corrected chi connectivity index (χ1v) is 11.1. The van der Waals surface area contributed by atoms with Crippen molar-refractivity contribution in [2.75, 3.05) is 17.7 Å². The zero-order chi connectivity index (χ0) is 24.2. The van der Waals surface area contributed by atoms with Crippen LogP contribution >= 0.6 is 11.6 Å². The Balaban J connectivity index is 1.49. The fourth-order valence-corrected chi connectivity index (χ4v) is 3.97. The average Bonchev–Trinajstić information content (AvgIpc) is 2.95. The molecule has 1 aromatic heterocycles. The summed E-state index contributed by atoms with van der Waals surface area (Å²) in [6, 6.07) is 8.34. The molecule has 2 heterocycles.